The van der Waals surface area contributed by atoms with Crippen LogP contribution in [0.2, 0.25) is 0 Å². The molecular formula is C13H17ClN2O2. The second kappa shape index (κ2) is 5.59. The molecule has 0 aliphatic heterocycles. The van der Waals surface area contributed by atoms with Crippen LogP contribution in [0.5, 0.6) is 5.75 Å². The van der Waals surface area contributed by atoms with E-state index >= 15 is 0 Å². The summed E-state index contributed by atoms with van der Waals surface area (Å²) in [6.45, 7) is 2.74. The average Bonchev–Trinajstić information content (AvgIpc) is 2.76. The number of nitrogens with zero attached hydrogens (tertiary/aromatic N) is 2. The van der Waals surface area contributed by atoms with Crippen molar-refractivity contribution in [1.29, 1.82) is 0 Å². The number of methoxy groups -OCH3 is 2. The molecule has 0 aliphatic carbocycles. The van der Waals surface area contributed by atoms with Gasteiger partial charge in [0.25, 0.3) is 0 Å². The lowest BCUT2D eigenvalue weighted by Crippen LogP contribution is -2.16. The number of rotatable bonds is 5. The molecule has 0 fully saturated rings. The molecule has 0 aliphatic rings. The molecule has 4 nitrogen and oxygen atoms in total. The topological polar surface area (TPSA) is 36.3 Å². The van der Waals surface area contributed by atoms with Crippen molar-refractivity contribution in [3.05, 3.63) is 24.0 Å². The first kappa shape index (κ1) is 13.2. The summed E-state index contributed by atoms with van der Waals surface area (Å²) in [7, 11) is 3.34. The molecule has 2 aromatic rings. The van der Waals surface area contributed by atoms with Crippen LogP contribution in [0.25, 0.3) is 11.0 Å². The van der Waals surface area contributed by atoms with Gasteiger partial charge in [-0.1, -0.05) is 6.07 Å². The Hall–Kier alpha value is -1.26. The van der Waals surface area contributed by atoms with Crippen molar-refractivity contribution in [1.82, 2.24) is 9.55 Å². The minimum Gasteiger partial charge on any atom is -0.494 e. The van der Waals surface area contributed by atoms with Crippen molar-refractivity contribution in [3.63, 3.8) is 0 Å². The van der Waals surface area contributed by atoms with Crippen LogP contribution in [-0.2, 0) is 17.2 Å². The smallest absolute Gasteiger partial charge is 0.146 e. The maximum absolute atomic E-state index is 5.96. The predicted molar refractivity (Wildman–Crippen MR) is 72.3 cm³/mol. The second-order valence-corrected chi connectivity index (χ2v) is 4.41. The van der Waals surface area contributed by atoms with Gasteiger partial charge in [0.2, 0.25) is 0 Å². The van der Waals surface area contributed by atoms with Crippen LogP contribution in [0.15, 0.2) is 18.2 Å². The minimum absolute atomic E-state index is 0.107. The minimum atomic E-state index is 0.107. The highest BCUT2D eigenvalue weighted by Crippen LogP contribution is 2.26. The van der Waals surface area contributed by atoms with Crippen LogP contribution in [0.3, 0.4) is 0 Å². The third kappa shape index (κ3) is 2.31. The van der Waals surface area contributed by atoms with Crippen LogP contribution in [0, 0.1) is 0 Å². The Bertz CT molecular complexity index is 539. The summed E-state index contributed by atoms with van der Waals surface area (Å²) < 4.78 is 12.7. The van der Waals surface area contributed by atoms with Gasteiger partial charge in [0.05, 0.1) is 31.2 Å². The van der Waals surface area contributed by atoms with Crippen molar-refractivity contribution in [2.24, 2.45) is 0 Å². The largest absolute Gasteiger partial charge is 0.494 e. The van der Waals surface area contributed by atoms with E-state index < -0.39 is 0 Å². The fourth-order valence-electron chi connectivity index (χ4n) is 1.97. The Morgan fingerprint density at radius 1 is 1.39 bits per heavy atom. The Morgan fingerprint density at radius 3 is 2.78 bits per heavy atom. The van der Waals surface area contributed by atoms with Crippen molar-refractivity contribution in [2.75, 3.05) is 14.2 Å². The van der Waals surface area contributed by atoms with Gasteiger partial charge >= 0.3 is 0 Å². The first-order valence-electron chi connectivity index (χ1n) is 5.82. The van der Waals surface area contributed by atoms with Crippen molar-refractivity contribution < 1.29 is 9.47 Å². The molecule has 0 N–H and O–H groups in total. The third-order valence-electron chi connectivity index (χ3n) is 3.00. The van der Waals surface area contributed by atoms with Crippen molar-refractivity contribution in [2.45, 2.75) is 25.5 Å². The Labute approximate surface area is 111 Å². The monoisotopic (exact) mass is 268 g/mol. The maximum Gasteiger partial charge on any atom is 0.146 e. The number of halogens is 1. The number of hydrogen-bond donors (Lipinski definition) is 0. The van der Waals surface area contributed by atoms with Gasteiger partial charge in [0.1, 0.15) is 17.1 Å². The molecular weight excluding hydrogens is 252 g/mol. The number of alkyl halides is 1. The first-order valence-corrected chi connectivity index (χ1v) is 6.35. The number of benzene rings is 1. The van der Waals surface area contributed by atoms with Gasteiger partial charge in [-0.3, -0.25) is 0 Å². The van der Waals surface area contributed by atoms with Crippen LogP contribution < -0.4 is 4.74 Å². The summed E-state index contributed by atoms with van der Waals surface area (Å²) in [6, 6.07) is 5.87. The summed E-state index contributed by atoms with van der Waals surface area (Å²) in [6.07, 6.45) is 0.107. The molecule has 5 heteroatoms. The number of para-hydroxylation sites is 1. The van der Waals surface area contributed by atoms with Crippen LogP contribution in [0.4, 0.5) is 0 Å². The van der Waals surface area contributed by atoms with Gasteiger partial charge in [-0.2, -0.15) is 0 Å². The molecule has 0 radical (unpaired) electrons. The van der Waals surface area contributed by atoms with E-state index in [2.05, 4.69) is 9.55 Å². The van der Waals surface area contributed by atoms with Gasteiger partial charge in [0, 0.05) is 7.11 Å². The quantitative estimate of drug-likeness (QED) is 0.783. The average molecular weight is 269 g/mol. The number of imidazole rings is 1. The highest BCUT2D eigenvalue weighted by Gasteiger charge is 2.14. The SMILES string of the molecule is COc1cccc2c1nc(CCl)n2CC(C)OC. The molecule has 0 spiro atoms. The zero-order chi connectivity index (χ0) is 13.1. The van der Waals surface area contributed by atoms with Crippen LogP contribution >= 0.6 is 11.6 Å². The lowest BCUT2D eigenvalue weighted by atomic mass is 10.3. The normalized spacial score (nSPS) is 12.9. The van der Waals surface area contributed by atoms with Crippen LogP contribution in [0.1, 0.15) is 12.7 Å². The molecule has 1 aromatic heterocycles. The summed E-state index contributed by atoms with van der Waals surface area (Å²) in [4.78, 5) is 4.54. The lowest BCUT2D eigenvalue weighted by molar-refractivity contribution is 0.103. The lowest BCUT2D eigenvalue weighted by Gasteiger charge is -2.13. The van der Waals surface area contributed by atoms with E-state index in [1.165, 1.54) is 0 Å². The zero-order valence-corrected chi connectivity index (χ0v) is 11.6. The molecule has 0 saturated heterocycles. The Balaban J connectivity index is 2.55. The summed E-state index contributed by atoms with van der Waals surface area (Å²) in [5.74, 6) is 1.97. The predicted octanol–water partition coefficient (Wildman–Crippen LogP) is 2.82. The van der Waals surface area contributed by atoms with E-state index in [9.17, 15) is 0 Å². The van der Waals surface area contributed by atoms with E-state index in [4.69, 9.17) is 21.1 Å². The van der Waals surface area contributed by atoms with Gasteiger partial charge in [-0.25, -0.2) is 4.98 Å². The van der Waals surface area contributed by atoms with E-state index in [0.717, 1.165) is 29.2 Å². The highest BCUT2D eigenvalue weighted by atomic mass is 35.5. The molecule has 0 bridgehead atoms. The standard InChI is InChI=1S/C13H17ClN2O2/c1-9(17-2)8-16-10-5-4-6-11(18-3)13(10)15-12(16)7-14/h4-6,9H,7-8H2,1-3H3. The molecule has 1 aromatic carbocycles. The molecule has 98 valence electrons. The van der Waals surface area contributed by atoms with E-state index in [1.807, 2.05) is 25.1 Å². The molecule has 0 amide bonds. The fraction of sp³-hybridized carbons (Fsp3) is 0.462. The number of hydrogen-bond acceptors (Lipinski definition) is 3. The molecule has 2 rings (SSSR count). The number of fused-ring (bicyclic) bond motifs is 1. The number of ether oxygens (including phenoxy) is 2. The summed E-state index contributed by atoms with van der Waals surface area (Å²) in [5.41, 5.74) is 1.87. The van der Waals surface area contributed by atoms with E-state index in [-0.39, 0.29) is 6.10 Å². The second-order valence-electron chi connectivity index (χ2n) is 4.15. The van der Waals surface area contributed by atoms with Crippen molar-refractivity contribution in [3.8, 4) is 5.75 Å². The highest BCUT2D eigenvalue weighted by molar-refractivity contribution is 6.16. The Kier molecular flexibility index (Phi) is 4.09. The molecule has 0 saturated carbocycles. The Morgan fingerprint density at radius 2 is 2.17 bits per heavy atom. The van der Waals surface area contributed by atoms with Gasteiger partial charge in [-0.15, -0.1) is 11.6 Å². The van der Waals surface area contributed by atoms with Gasteiger partial charge in [-0.05, 0) is 19.1 Å². The first-order chi connectivity index (χ1) is 8.71. The molecule has 1 unspecified atom stereocenters. The summed E-state index contributed by atoms with van der Waals surface area (Å²) in [5, 5.41) is 0. The fourth-order valence-corrected chi connectivity index (χ4v) is 2.18. The van der Waals surface area contributed by atoms with Crippen molar-refractivity contribution >= 4 is 22.6 Å². The molecule has 1 heterocycles. The van der Waals surface area contributed by atoms with Gasteiger partial charge < -0.3 is 14.0 Å². The molecule has 1 atom stereocenters. The molecule has 18 heavy (non-hydrogen) atoms. The van der Waals surface area contributed by atoms with Crippen LogP contribution in [-0.4, -0.2) is 29.9 Å². The third-order valence-corrected chi connectivity index (χ3v) is 3.24. The summed E-state index contributed by atoms with van der Waals surface area (Å²) >= 11 is 5.96. The van der Waals surface area contributed by atoms with Gasteiger partial charge in [0.15, 0.2) is 0 Å². The van der Waals surface area contributed by atoms with E-state index in [1.54, 1.807) is 14.2 Å². The maximum atomic E-state index is 5.96. The zero-order valence-electron chi connectivity index (χ0n) is 10.8. The van der Waals surface area contributed by atoms with E-state index in [0.29, 0.717) is 5.88 Å². The number of aromatic nitrogens is 2.